The van der Waals surface area contributed by atoms with E-state index >= 15 is 0 Å². The van der Waals surface area contributed by atoms with Crippen LogP contribution in [0, 0.1) is 6.92 Å². The van der Waals surface area contributed by atoms with Crippen molar-refractivity contribution in [3.8, 4) is 0 Å². The third-order valence-corrected chi connectivity index (χ3v) is 6.81. The van der Waals surface area contributed by atoms with Gasteiger partial charge < -0.3 is 23.7 Å². The summed E-state index contributed by atoms with van der Waals surface area (Å²) in [6.07, 6.45) is 2.66. The van der Waals surface area contributed by atoms with Crippen molar-refractivity contribution in [2.75, 3.05) is 10.0 Å². The lowest BCUT2D eigenvalue weighted by Crippen LogP contribution is -2.28. The Morgan fingerprint density at radius 2 is 1.82 bits per heavy atom. The summed E-state index contributed by atoms with van der Waals surface area (Å²) in [4.78, 5) is 22.3. The van der Waals surface area contributed by atoms with E-state index in [0.717, 1.165) is 27.5 Å². The van der Waals surface area contributed by atoms with Gasteiger partial charge >= 0.3 is 5.97 Å². The highest BCUT2D eigenvalue weighted by molar-refractivity contribution is 7.95. The molecule has 3 N–H and O–H groups in total. The average Bonchev–Trinajstić information content (AvgIpc) is 3.52. The largest absolute Gasteiger partial charge is 0.459 e. The number of esters is 1. The highest BCUT2D eigenvalue weighted by Gasteiger charge is 2.30. The number of ether oxygens (including phenoxy) is 1. The first-order valence-electron chi connectivity index (χ1n) is 12.3. The van der Waals surface area contributed by atoms with Crippen LogP contribution in [-0.2, 0) is 22.4 Å². The number of benzene rings is 2. The average molecular weight is 553 g/mol. The summed E-state index contributed by atoms with van der Waals surface area (Å²) in [6, 6.07) is 17.7. The van der Waals surface area contributed by atoms with Crippen LogP contribution in [0.25, 0.3) is 0 Å². The molecule has 200 valence electrons. The van der Waals surface area contributed by atoms with Crippen LogP contribution in [0.1, 0.15) is 60.3 Å². The molecule has 8 nitrogen and oxygen atoms in total. The van der Waals surface area contributed by atoms with E-state index < -0.39 is 11.5 Å². The van der Waals surface area contributed by atoms with E-state index in [9.17, 15) is 4.79 Å². The van der Waals surface area contributed by atoms with Crippen LogP contribution in [0.2, 0.25) is 0 Å². The Balaban J connectivity index is 1.56. The molecule has 0 spiro atoms. The highest BCUT2D eigenvalue weighted by atomic mass is 32.2. The third-order valence-electron chi connectivity index (χ3n) is 5.69. The zero-order valence-electron chi connectivity index (χ0n) is 21.8. The minimum atomic E-state index is -0.635. The van der Waals surface area contributed by atoms with Gasteiger partial charge in [0.15, 0.2) is 0 Å². The summed E-state index contributed by atoms with van der Waals surface area (Å²) in [6.45, 7) is 7.52. The Labute approximate surface area is 231 Å². The molecule has 0 fully saturated rings. The third kappa shape index (κ3) is 7.83. The van der Waals surface area contributed by atoms with Gasteiger partial charge in [-0.25, -0.2) is 9.97 Å². The van der Waals surface area contributed by atoms with Crippen LogP contribution in [-0.4, -0.2) is 26.1 Å². The lowest BCUT2D eigenvalue weighted by atomic mass is 9.97. The first-order chi connectivity index (χ1) is 18.2. The molecule has 0 aliphatic rings. The van der Waals surface area contributed by atoms with E-state index in [1.807, 2.05) is 87.7 Å². The lowest BCUT2D eigenvalue weighted by Gasteiger charge is -2.23. The van der Waals surface area contributed by atoms with E-state index in [2.05, 4.69) is 20.0 Å². The molecule has 0 aliphatic heterocycles. The molecule has 0 amide bonds. The SMILES string of the molecule is Cc1nc([C@H](Cc2ccc(NSO)cc2)Nc2ncc([C@H](Cc3ccccc3)C(=O)OC(C)(C)C)o2)cs1. The standard InChI is InChI=1S/C28H32N4O4S2/c1-18-30-24(17-37-18)23(15-20-10-12-21(13-11-20)32-38-34)31-27-29-16-25(35-27)22(26(33)36-28(2,3)4)14-19-8-6-5-7-9-19/h5-13,16-17,22-23,32,34H,14-15H2,1-4H3,(H,29,31)/t22-,23-/m0/s1. The van der Waals surface area contributed by atoms with Gasteiger partial charge in [0.1, 0.15) is 29.5 Å². The molecule has 0 radical (unpaired) electrons. The van der Waals surface area contributed by atoms with Crippen molar-refractivity contribution in [2.45, 2.75) is 58.1 Å². The summed E-state index contributed by atoms with van der Waals surface area (Å²) in [5.41, 5.74) is 3.14. The second-order valence-electron chi connectivity index (χ2n) is 9.93. The van der Waals surface area contributed by atoms with Crippen molar-refractivity contribution < 1.29 is 18.5 Å². The topological polar surface area (TPSA) is 110 Å². The maximum absolute atomic E-state index is 13.2. The Kier molecular flexibility index (Phi) is 9.09. The number of aromatic nitrogens is 2. The van der Waals surface area contributed by atoms with Gasteiger partial charge in [-0.05, 0) is 63.8 Å². The number of nitrogens with one attached hydrogen (secondary N) is 2. The van der Waals surface area contributed by atoms with Crippen LogP contribution in [0.15, 0.2) is 70.6 Å². The molecule has 2 aromatic heterocycles. The summed E-state index contributed by atoms with van der Waals surface area (Å²) in [5.74, 6) is -0.551. The zero-order chi connectivity index (χ0) is 27.1. The number of thiazole rings is 1. The van der Waals surface area contributed by atoms with Gasteiger partial charge in [-0.15, -0.1) is 11.3 Å². The minimum absolute atomic E-state index is 0.202. The molecule has 4 rings (SSSR count). The second-order valence-corrected chi connectivity index (χ2v) is 11.4. The predicted molar refractivity (Wildman–Crippen MR) is 152 cm³/mol. The molecule has 0 unspecified atom stereocenters. The number of hydrogen-bond acceptors (Lipinski definition) is 10. The first-order valence-corrected chi connectivity index (χ1v) is 13.9. The fourth-order valence-corrected chi connectivity index (χ4v) is 4.86. The number of rotatable bonds is 11. The van der Waals surface area contributed by atoms with Gasteiger partial charge in [0.2, 0.25) is 0 Å². The van der Waals surface area contributed by atoms with Crippen LogP contribution in [0.4, 0.5) is 11.7 Å². The van der Waals surface area contributed by atoms with E-state index in [-0.39, 0.29) is 12.0 Å². The van der Waals surface area contributed by atoms with Gasteiger partial charge in [0, 0.05) is 11.1 Å². The van der Waals surface area contributed by atoms with Crippen LogP contribution >= 0.6 is 23.6 Å². The lowest BCUT2D eigenvalue weighted by molar-refractivity contribution is -0.157. The fraction of sp³-hybridized carbons (Fsp3) is 0.321. The van der Waals surface area contributed by atoms with Gasteiger partial charge in [0.25, 0.3) is 6.01 Å². The number of nitrogens with zero attached hydrogens (tertiary/aromatic N) is 2. The number of hydrogen-bond donors (Lipinski definition) is 3. The molecular weight excluding hydrogens is 520 g/mol. The van der Waals surface area contributed by atoms with E-state index in [0.29, 0.717) is 36.8 Å². The molecule has 0 aliphatic carbocycles. The Hall–Kier alpha value is -3.34. The molecule has 10 heteroatoms. The van der Waals surface area contributed by atoms with Gasteiger partial charge in [-0.2, -0.15) is 0 Å². The first kappa shape index (κ1) is 27.7. The monoisotopic (exact) mass is 552 g/mol. The maximum Gasteiger partial charge on any atom is 0.317 e. The van der Waals surface area contributed by atoms with Crippen molar-refractivity contribution in [3.05, 3.63) is 93.8 Å². The highest BCUT2D eigenvalue weighted by Crippen LogP contribution is 2.30. The molecule has 2 heterocycles. The molecule has 0 saturated carbocycles. The minimum Gasteiger partial charge on any atom is -0.459 e. The number of carbonyl (C=O) groups is 1. The summed E-state index contributed by atoms with van der Waals surface area (Å²) in [5, 5.41) is 6.36. The Morgan fingerprint density at radius 3 is 2.45 bits per heavy atom. The summed E-state index contributed by atoms with van der Waals surface area (Å²) in [7, 11) is 0. The summed E-state index contributed by atoms with van der Waals surface area (Å²) < 4.78 is 23.6. The molecule has 38 heavy (non-hydrogen) atoms. The smallest absolute Gasteiger partial charge is 0.317 e. The van der Waals surface area contributed by atoms with Gasteiger partial charge in [-0.3, -0.25) is 4.79 Å². The van der Waals surface area contributed by atoms with Crippen LogP contribution in [0.5, 0.6) is 0 Å². The number of anilines is 2. The van der Waals surface area contributed by atoms with Gasteiger partial charge in [0.05, 0.1) is 22.9 Å². The number of carbonyl (C=O) groups excluding carboxylic acids is 1. The molecular formula is C28H32N4O4S2. The van der Waals surface area contributed by atoms with Crippen molar-refractivity contribution in [2.24, 2.45) is 0 Å². The molecule has 2 atom stereocenters. The van der Waals surface area contributed by atoms with E-state index in [1.165, 1.54) is 0 Å². The van der Waals surface area contributed by atoms with Crippen molar-refractivity contribution in [1.82, 2.24) is 9.97 Å². The molecule has 0 bridgehead atoms. The normalized spacial score (nSPS) is 13.1. The van der Waals surface area contributed by atoms with Crippen LogP contribution < -0.4 is 10.0 Å². The van der Waals surface area contributed by atoms with Crippen molar-refractivity contribution in [3.63, 3.8) is 0 Å². The van der Waals surface area contributed by atoms with Crippen molar-refractivity contribution in [1.29, 1.82) is 0 Å². The second kappa shape index (κ2) is 12.5. The number of oxazole rings is 1. The van der Waals surface area contributed by atoms with E-state index in [1.54, 1.807) is 17.5 Å². The zero-order valence-corrected chi connectivity index (χ0v) is 23.4. The Bertz CT molecular complexity index is 1320. The molecule has 2 aromatic carbocycles. The van der Waals surface area contributed by atoms with E-state index in [4.69, 9.17) is 13.7 Å². The maximum atomic E-state index is 13.2. The van der Waals surface area contributed by atoms with Crippen molar-refractivity contribution >= 4 is 41.2 Å². The van der Waals surface area contributed by atoms with Crippen LogP contribution in [0.3, 0.4) is 0 Å². The van der Waals surface area contributed by atoms with Gasteiger partial charge in [-0.1, -0.05) is 42.5 Å². The predicted octanol–water partition coefficient (Wildman–Crippen LogP) is 7.04. The molecule has 4 aromatic rings. The molecule has 0 saturated heterocycles. The quantitative estimate of drug-likeness (QED) is 0.103. The Morgan fingerprint density at radius 1 is 1.11 bits per heavy atom. The number of aryl methyl sites for hydroxylation is 1. The fourth-order valence-electron chi connectivity index (χ4n) is 3.95. The summed E-state index contributed by atoms with van der Waals surface area (Å²) >= 11 is 2.14.